The molecule has 1 amide bonds. The monoisotopic (exact) mass is 105 g/mol. The van der Waals surface area contributed by atoms with E-state index in [0.717, 1.165) is 4.90 Å². The van der Waals surface area contributed by atoms with Gasteiger partial charge < -0.3 is 4.90 Å². The van der Waals surface area contributed by atoms with Gasteiger partial charge in [-0.1, -0.05) is 0 Å². The Bertz CT molecular complexity index is 74.1. The van der Waals surface area contributed by atoms with Crippen LogP contribution < -0.4 is 0 Å². The minimum Gasteiger partial charge on any atom is -0.318 e. The van der Waals surface area contributed by atoms with Crippen LogP contribution in [0.15, 0.2) is 0 Å². The van der Waals surface area contributed by atoms with Crippen LogP contribution in [0, 0.1) is 0 Å². The van der Waals surface area contributed by atoms with Crippen molar-refractivity contribution in [2.45, 2.75) is 6.92 Å². The molecule has 2 nitrogen and oxygen atoms in total. The molecular formula is C4H8FNO. The fourth-order valence-corrected chi connectivity index (χ4v) is 0.0842. The molecule has 0 saturated heterocycles. The first-order valence-corrected chi connectivity index (χ1v) is 1.96. The van der Waals surface area contributed by atoms with Gasteiger partial charge in [0.2, 0.25) is 5.91 Å². The lowest BCUT2D eigenvalue weighted by Crippen LogP contribution is -2.21. The van der Waals surface area contributed by atoms with Gasteiger partial charge in [-0.2, -0.15) is 0 Å². The highest BCUT2D eigenvalue weighted by Gasteiger charge is 1.96. The van der Waals surface area contributed by atoms with Crippen LogP contribution in [0.2, 0.25) is 0 Å². The molecular weight excluding hydrogens is 97.0 g/mol. The number of nitrogens with zero attached hydrogens (tertiary/aromatic N) is 1. The van der Waals surface area contributed by atoms with Crippen molar-refractivity contribution in [3.05, 3.63) is 0 Å². The third-order valence-electron chi connectivity index (χ3n) is 0.717. The SMILES string of the molecule is CC(=O)N(C)CF. The predicted octanol–water partition coefficient (Wildman–Crippen LogP) is 0.392. The van der Waals surface area contributed by atoms with Gasteiger partial charge in [-0.3, -0.25) is 4.79 Å². The van der Waals surface area contributed by atoms with Gasteiger partial charge in [0, 0.05) is 14.0 Å². The van der Waals surface area contributed by atoms with Crippen molar-refractivity contribution in [3.63, 3.8) is 0 Å². The minimum absolute atomic E-state index is 0.248. The van der Waals surface area contributed by atoms with E-state index in [1.807, 2.05) is 0 Å². The van der Waals surface area contributed by atoms with E-state index in [2.05, 4.69) is 0 Å². The van der Waals surface area contributed by atoms with Crippen molar-refractivity contribution in [2.75, 3.05) is 13.8 Å². The molecule has 0 bridgehead atoms. The van der Waals surface area contributed by atoms with Crippen LogP contribution in [0.3, 0.4) is 0 Å². The van der Waals surface area contributed by atoms with E-state index < -0.39 is 6.80 Å². The van der Waals surface area contributed by atoms with Crippen LogP contribution in [0.4, 0.5) is 4.39 Å². The largest absolute Gasteiger partial charge is 0.318 e. The van der Waals surface area contributed by atoms with Gasteiger partial charge in [0.05, 0.1) is 0 Å². The number of carbonyl (C=O) groups is 1. The van der Waals surface area contributed by atoms with Crippen LogP contribution in [-0.2, 0) is 4.79 Å². The van der Waals surface area contributed by atoms with Crippen LogP contribution in [0.25, 0.3) is 0 Å². The quantitative estimate of drug-likeness (QED) is 0.442. The van der Waals surface area contributed by atoms with Crippen LogP contribution in [0.1, 0.15) is 6.92 Å². The lowest BCUT2D eigenvalue weighted by Gasteiger charge is -2.06. The van der Waals surface area contributed by atoms with Crippen molar-refractivity contribution < 1.29 is 9.18 Å². The van der Waals surface area contributed by atoms with Crippen molar-refractivity contribution in [3.8, 4) is 0 Å². The van der Waals surface area contributed by atoms with E-state index >= 15 is 0 Å². The smallest absolute Gasteiger partial charge is 0.221 e. The van der Waals surface area contributed by atoms with E-state index in [1.54, 1.807) is 0 Å². The molecule has 0 aliphatic rings. The summed E-state index contributed by atoms with van der Waals surface area (Å²) in [6, 6.07) is 0. The Morgan fingerprint density at radius 2 is 2.29 bits per heavy atom. The number of rotatable bonds is 1. The summed E-state index contributed by atoms with van der Waals surface area (Å²) in [5.41, 5.74) is 0. The summed E-state index contributed by atoms with van der Waals surface area (Å²) in [6.45, 7) is 0.620. The van der Waals surface area contributed by atoms with Crippen molar-refractivity contribution in [1.29, 1.82) is 0 Å². The Labute approximate surface area is 41.9 Å². The third-order valence-corrected chi connectivity index (χ3v) is 0.717. The second kappa shape index (κ2) is 2.55. The van der Waals surface area contributed by atoms with Crippen molar-refractivity contribution >= 4 is 5.91 Å². The molecule has 0 N–H and O–H groups in total. The van der Waals surface area contributed by atoms with E-state index in [1.165, 1.54) is 14.0 Å². The fraction of sp³-hybridized carbons (Fsp3) is 0.750. The van der Waals surface area contributed by atoms with Crippen molar-refractivity contribution in [2.24, 2.45) is 0 Å². The Balaban J connectivity index is 3.34. The molecule has 0 unspecified atom stereocenters. The highest BCUT2D eigenvalue weighted by atomic mass is 19.1. The number of amides is 1. The molecule has 42 valence electrons. The normalized spacial score (nSPS) is 8.43. The zero-order chi connectivity index (χ0) is 5.86. The number of hydrogen-bond acceptors (Lipinski definition) is 1. The average Bonchev–Trinajstić information content (AvgIpc) is 1.65. The summed E-state index contributed by atoms with van der Waals surface area (Å²) in [4.78, 5) is 11.0. The van der Waals surface area contributed by atoms with E-state index in [0.29, 0.717) is 0 Å². The Morgan fingerprint density at radius 1 is 1.86 bits per heavy atom. The Hall–Kier alpha value is -0.600. The molecule has 7 heavy (non-hydrogen) atoms. The van der Waals surface area contributed by atoms with Gasteiger partial charge in [0.1, 0.15) is 0 Å². The third kappa shape index (κ3) is 2.14. The first-order valence-electron chi connectivity index (χ1n) is 1.96. The second-order valence-electron chi connectivity index (χ2n) is 1.34. The van der Waals surface area contributed by atoms with Crippen LogP contribution in [0.5, 0.6) is 0 Å². The van der Waals surface area contributed by atoms with Gasteiger partial charge in [0.15, 0.2) is 6.80 Å². The molecule has 0 spiro atoms. The number of hydrogen-bond donors (Lipinski definition) is 0. The number of halogens is 1. The van der Waals surface area contributed by atoms with Gasteiger partial charge in [-0.25, -0.2) is 4.39 Å². The average molecular weight is 105 g/mol. The summed E-state index contributed by atoms with van der Waals surface area (Å²) in [5.74, 6) is -0.248. The highest BCUT2D eigenvalue weighted by Crippen LogP contribution is 1.80. The summed E-state index contributed by atoms with van der Waals surface area (Å²) in [7, 11) is 1.41. The standard InChI is InChI=1S/C4H8FNO/c1-4(7)6(2)3-5/h3H2,1-2H3. The van der Waals surface area contributed by atoms with E-state index in [4.69, 9.17) is 0 Å². The fourth-order valence-electron chi connectivity index (χ4n) is 0.0842. The first-order chi connectivity index (χ1) is 3.18. The molecule has 0 aliphatic heterocycles. The van der Waals surface area contributed by atoms with Crippen LogP contribution in [-0.4, -0.2) is 24.7 Å². The highest BCUT2D eigenvalue weighted by molar-refractivity contribution is 5.72. The molecule has 0 radical (unpaired) electrons. The van der Waals surface area contributed by atoms with Crippen LogP contribution >= 0.6 is 0 Å². The molecule has 0 aromatic rings. The van der Waals surface area contributed by atoms with E-state index in [9.17, 15) is 9.18 Å². The number of carbonyl (C=O) groups excluding carboxylic acids is 1. The Morgan fingerprint density at radius 3 is 2.29 bits per heavy atom. The molecule has 0 saturated carbocycles. The van der Waals surface area contributed by atoms with Gasteiger partial charge in [-0.15, -0.1) is 0 Å². The lowest BCUT2D eigenvalue weighted by atomic mass is 10.6. The maximum Gasteiger partial charge on any atom is 0.221 e. The summed E-state index contributed by atoms with van der Waals surface area (Å²) >= 11 is 0. The maximum absolute atomic E-state index is 11.3. The Kier molecular flexibility index (Phi) is 2.33. The molecule has 0 heterocycles. The van der Waals surface area contributed by atoms with E-state index in [-0.39, 0.29) is 5.91 Å². The predicted molar refractivity (Wildman–Crippen MR) is 24.4 cm³/mol. The zero-order valence-corrected chi connectivity index (χ0v) is 4.44. The molecule has 0 aromatic carbocycles. The minimum atomic E-state index is -0.699. The summed E-state index contributed by atoms with van der Waals surface area (Å²) in [6.07, 6.45) is 0. The maximum atomic E-state index is 11.3. The lowest BCUT2D eigenvalue weighted by molar-refractivity contribution is -0.129. The first kappa shape index (κ1) is 6.40. The van der Waals surface area contributed by atoms with Gasteiger partial charge in [-0.05, 0) is 0 Å². The molecule has 0 rings (SSSR count). The summed E-state index contributed by atoms with van der Waals surface area (Å²) in [5, 5.41) is 0. The topological polar surface area (TPSA) is 20.3 Å². The molecule has 0 fully saturated rings. The van der Waals surface area contributed by atoms with Crippen molar-refractivity contribution in [1.82, 2.24) is 4.90 Å². The second-order valence-corrected chi connectivity index (χ2v) is 1.34. The molecule has 3 heteroatoms. The number of alkyl halides is 1. The van der Waals surface area contributed by atoms with Gasteiger partial charge >= 0.3 is 0 Å². The molecule has 0 aromatic heterocycles. The molecule has 0 aliphatic carbocycles. The summed E-state index contributed by atoms with van der Waals surface area (Å²) < 4.78 is 11.3. The van der Waals surface area contributed by atoms with Gasteiger partial charge in [0.25, 0.3) is 0 Å². The molecule has 0 atom stereocenters. The zero-order valence-electron chi connectivity index (χ0n) is 4.44.